The van der Waals surface area contributed by atoms with Gasteiger partial charge in [-0.05, 0) is 12.8 Å². The molecule has 12 heavy (non-hydrogen) atoms. The summed E-state index contributed by atoms with van der Waals surface area (Å²) in [6.07, 6.45) is 2.27. The van der Waals surface area contributed by atoms with E-state index in [2.05, 4.69) is 39.8 Å². The summed E-state index contributed by atoms with van der Waals surface area (Å²) in [5.74, 6) is 0.724. The second-order valence-corrected chi connectivity index (χ2v) is 2.72. The third kappa shape index (κ3) is 2.58. The molecule has 0 amide bonds. The van der Waals surface area contributed by atoms with Gasteiger partial charge in [-0.1, -0.05) is 19.1 Å². The fourth-order valence-corrected chi connectivity index (χ4v) is 1.07. The second-order valence-electron chi connectivity index (χ2n) is 2.72. The first-order chi connectivity index (χ1) is 5.86. The highest BCUT2D eigenvalue weighted by Gasteiger charge is 2.03. The monoisotopic (exact) mass is 169 g/mol. The number of aromatic amines is 1. The van der Waals surface area contributed by atoms with Crippen LogP contribution in [0.2, 0.25) is 0 Å². The van der Waals surface area contributed by atoms with Crippen molar-refractivity contribution < 1.29 is 0 Å². The lowest BCUT2D eigenvalue weighted by Crippen LogP contribution is -2.27. The van der Waals surface area contributed by atoms with E-state index in [1.54, 1.807) is 0 Å². The van der Waals surface area contributed by atoms with E-state index in [1.807, 2.05) is 0 Å². The molecule has 0 unspecified atom stereocenters. The SMILES string of the molecule is CCC(CC)NCc1nn[nH]n1. The molecule has 0 aliphatic heterocycles. The van der Waals surface area contributed by atoms with E-state index in [0.717, 1.165) is 18.7 Å². The van der Waals surface area contributed by atoms with E-state index in [4.69, 9.17) is 0 Å². The Bertz CT molecular complexity index is 192. The normalized spacial score (nSPS) is 10.9. The highest BCUT2D eigenvalue weighted by Crippen LogP contribution is 1.96. The first-order valence-electron chi connectivity index (χ1n) is 4.32. The molecule has 0 aliphatic carbocycles. The predicted octanol–water partition coefficient (Wildman–Crippen LogP) is 0.478. The van der Waals surface area contributed by atoms with Crippen molar-refractivity contribution in [2.75, 3.05) is 0 Å². The third-order valence-corrected chi connectivity index (χ3v) is 1.92. The summed E-state index contributed by atoms with van der Waals surface area (Å²) in [5, 5.41) is 16.9. The highest BCUT2D eigenvalue weighted by molar-refractivity contribution is 4.76. The first-order valence-corrected chi connectivity index (χ1v) is 4.32. The van der Waals surface area contributed by atoms with Gasteiger partial charge in [0.1, 0.15) is 0 Å². The Morgan fingerprint density at radius 3 is 2.67 bits per heavy atom. The molecule has 0 bridgehead atoms. The van der Waals surface area contributed by atoms with Gasteiger partial charge in [-0.2, -0.15) is 5.21 Å². The molecular weight excluding hydrogens is 154 g/mol. The van der Waals surface area contributed by atoms with Gasteiger partial charge < -0.3 is 5.32 Å². The fourth-order valence-electron chi connectivity index (χ4n) is 1.07. The number of hydrogen-bond donors (Lipinski definition) is 2. The minimum Gasteiger partial charge on any atom is -0.307 e. The van der Waals surface area contributed by atoms with E-state index < -0.39 is 0 Å². The van der Waals surface area contributed by atoms with Crippen molar-refractivity contribution in [2.24, 2.45) is 0 Å². The van der Waals surface area contributed by atoms with Gasteiger partial charge in [-0.3, -0.25) is 0 Å². The molecule has 2 N–H and O–H groups in total. The Morgan fingerprint density at radius 2 is 2.17 bits per heavy atom. The molecule has 0 aliphatic rings. The van der Waals surface area contributed by atoms with Gasteiger partial charge in [0.25, 0.3) is 0 Å². The van der Waals surface area contributed by atoms with Crippen LogP contribution in [-0.4, -0.2) is 26.7 Å². The lowest BCUT2D eigenvalue weighted by molar-refractivity contribution is 0.476. The molecule has 0 spiro atoms. The molecular formula is C7H15N5. The van der Waals surface area contributed by atoms with Crippen LogP contribution >= 0.6 is 0 Å². The van der Waals surface area contributed by atoms with Crippen molar-refractivity contribution in [3.05, 3.63) is 5.82 Å². The van der Waals surface area contributed by atoms with Crippen LogP contribution in [0.1, 0.15) is 32.5 Å². The smallest absolute Gasteiger partial charge is 0.188 e. The molecule has 1 heterocycles. The Balaban J connectivity index is 2.25. The van der Waals surface area contributed by atoms with Gasteiger partial charge in [-0.25, -0.2) is 0 Å². The van der Waals surface area contributed by atoms with Crippen molar-refractivity contribution in [1.29, 1.82) is 0 Å². The molecule has 1 aromatic heterocycles. The Kier molecular flexibility index (Phi) is 3.66. The van der Waals surface area contributed by atoms with Crippen molar-refractivity contribution in [2.45, 2.75) is 39.3 Å². The van der Waals surface area contributed by atoms with Gasteiger partial charge >= 0.3 is 0 Å². The summed E-state index contributed by atoms with van der Waals surface area (Å²) in [4.78, 5) is 0. The van der Waals surface area contributed by atoms with Gasteiger partial charge in [0.15, 0.2) is 5.82 Å². The van der Waals surface area contributed by atoms with E-state index >= 15 is 0 Å². The van der Waals surface area contributed by atoms with Crippen LogP contribution in [0.25, 0.3) is 0 Å². The van der Waals surface area contributed by atoms with Crippen LogP contribution < -0.4 is 5.32 Å². The lowest BCUT2D eigenvalue weighted by atomic mass is 10.2. The molecule has 5 nitrogen and oxygen atoms in total. The van der Waals surface area contributed by atoms with Gasteiger partial charge in [-0.15, -0.1) is 10.2 Å². The molecule has 0 aromatic carbocycles. The maximum atomic E-state index is 3.85. The Labute approximate surface area is 71.9 Å². The molecule has 0 saturated heterocycles. The third-order valence-electron chi connectivity index (χ3n) is 1.92. The average Bonchev–Trinajstić information content (AvgIpc) is 2.59. The van der Waals surface area contributed by atoms with E-state index in [9.17, 15) is 0 Å². The fraction of sp³-hybridized carbons (Fsp3) is 0.857. The zero-order chi connectivity index (χ0) is 8.81. The lowest BCUT2D eigenvalue weighted by Gasteiger charge is -2.12. The molecule has 68 valence electrons. The summed E-state index contributed by atoms with van der Waals surface area (Å²) in [6, 6.07) is 0.559. The highest BCUT2D eigenvalue weighted by atomic mass is 15.5. The van der Waals surface area contributed by atoms with Crippen molar-refractivity contribution >= 4 is 0 Å². The van der Waals surface area contributed by atoms with Crippen LogP contribution in [0.4, 0.5) is 0 Å². The summed E-state index contributed by atoms with van der Waals surface area (Å²) < 4.78 is 0. The van der Waals surface area contributed by atoms with Gasteiger partial charge in [0.05, 0.1) is 6.54 Å². The van der Waals surface area contributed by atoms with Crippen molar-refractivity contribution in [1.82, 2.24) is 25.9 Å². The zero-order valence-electron chi connectivity index (χ0n) is 7.54. The number of rotatable bonds is 5. The minimum absolute atomic E-state index is 0.559. The molecule has 0 saturated carbocycles. The van der Waals surface area contributed by atoms with Crippen molar-refractivity contribution in [3.63, 3.8) is 0 Å². The van der Waals surface area contributed by atoms with Crippen LogP contribution in [0, 0.1) is 0 Å². The number of nitrogens with zero attached hydrogens (tertiary/aromatic N) is 3. The number of aromatic nitrogens is 4. The molecule has 5 heteroatoms. The number of tetrazole rings is 1. The summed E-state index contributed by atoms with van der Waals surface area (Å²) in [7, 11) is 0. The second kappa shape index (κ2) is 4.82. The average molecular weight is 169 g/mol. The maximum Gasteiger partial charge on any atom is 0.188 e. The largest absolute Gasteiger partial charge is 0.307 e. The number of nitrogens with one attached hydrogen (secondary N) is 2. The molecule has 1 aromatic rings. The first kappa shape index (κ1) is 9.12. The summed E-state index contributed by atoms with van der Waals surface area (Å²) in [6.45, 7) is 5.03. The molecule has 0 fully saturated rings. The van der Waals surface area contributed by atoms with Gasteiger partial charge in [0, 0.05) is 6.04 Å². The predicted molar refractivity (Wildman–Crippen MR) is 45.4 cm³/mol. The number of hydrogen-bond acceptors (Lipinski definition) is 4. The van der Waals surface area contributed by atoms with Crippen LogP contribution in [0.15, 0.2) is 0 Å². The molecule has 1 rings (SSSR count). The van der Waals surface area contributed by atoms with Gasteiger partial charge in [0.2, 0.25) is 0 Å². The van der Waals surface area contributed by atoms with Crippen LogP contribution in [0.3, 0.4) is 0 Å². The quantitative estimate of drug-likeness (QED) is 0.672. The summed E-state index contributed by atoms with van der Waals surface area (Å²) >= 11 is 0. The summed E-state index contributed by atoms with van der Waals surface area (Å²) in [5.41, 5.74) is 0. The number of H-pyrrole nitrogens is 1. The minimum atomic E-state index is 0.559. The van der Waals surface area contributed by atoms with E-state index in [1.165, 1.54) is 0 Å². The zero-order valence-corrected chi connectivity index (χ0v) is 7.54. The Morgan fingerprint density at radius 1 is 1.42 bits per heavy atom. The standard InChI is InChI=1S/C7H15N5/c1-3-6(4-2)8-5-7-9-11-12-10-7/h6,8H,3-5H2,1-2H3,(H,9,10,11,12). The van der Waals surface area contributed by atoms with E-state index in [0.29, 0.717) is 12.6 Å². The maximum absolute atomic E-state index is 3.85. The Hall–Kier alpha value is -0.970. The van der Waals surface area contributed by atoms with E-state index in [-0.39, 0.29) is 0 Å². The van der Waals surface area contributed by atoms with Crippen molar-refractivity contribution in [3.8, 4) is 0 Å². The topological polar surface area (TPSA) is 66.5 Å². The molecule has 0 radical (unpaired) electrons. The van der Waals surface area contributed by atoms with Crippen LogP contribution in [0.5, 0.6) is 0 Å². The molecule has 0 atom stereocenters. The van der Waals surface area contributed by atoms with Crippen LogP contribution in [-0.2, 0) is 6.54 Å².